The van der Waals surface area contributed by atoms with Crippen LogP contribution in [0.25, 0.3) is 6.08 Å². The second kappa shape index (κ2) is 5.58. The summed E-state index contributed by atoms with van der Waals surface area (Å²) in [6.07, 6.45) is 2.47. The van der Waals surface area contributed by atoms with E-state index in [1.807, 2.05) is 0 Å². The van der Waals surface area contributed by atoms with Crippen molar-refractivity contribution < 1.29 is 23.1 Å². The Morgan fingerprint density at radius 3 is 2.83 bits per heavy atom. The van der Waals surface area contributed by atoms with Gasteiger partial charge in [-0.1, -0.05) is 6.07 Å². The zero-order valence-electron chi connectivity index (χ0n) is 12.2. The summed E-state index contributed by atoms with van der Waals surface area (Å²) in [5.41, 5.74) is -0.117. The van der Waals surface area contributed by atoms with Gasteiger partial charge in [0.1, 0.15) is 5.70 Å². The number of fused-ring (bicyclic) bond motifs is 1. The Kier molecular flexibility index (Phi) is 3.69. The topological polar surface area (TPSA) is 128 Å². The van der Waals surface area contributed by atoms with Gasteiger partial charge in [-0.2, -0.15) is 5.26 Å². The zero-order chi connectivity index (χ0) is 17.5. The number of nitriles is 1. The Morgan fingerprint density at radius 2 is 2.25 bits per heavy atom. The number of hydrogen-bond acceptors (Lipinski definition) is 6. The zero-order valence-corrected chi connectivity index (χ0v) is 13.0. The molecule has 0 radical (unpaired) electrons. The van der Waals surface area contributed by atoms with Crippen molar-refractivity contribution in [2.45, 2.75) is 11.8 Å². The van der Waals surface area contributed by atoms with E-state index in [0.29, 0.717) is 5.69 Å². The Bertz CT molecular complexity index is 941. The highest BCUT2D eigenvalue weighted by molar-refractivity contribution is 7.92. The molecule has 1 fully saturated rings. The van der Waals surface area contributed by atoms with Crippen molar-refractivity contribution in [2.24, 2.45) is 0 Å². The molecule has 8 nitrogen and oxygen atoms in total. The van der Waals surface area contributed by atoms with Crippen molar-refractivity contribution in [3.05, 3.63) is 46.9 Å². The van der Waals surface area contributed by atoms with Gasteiger partial charge in [-0.15, -0.1) is 0 Å². The lowest BCUT2D eigenvalue weighted by atomic mass is 10.00. The molecule has 122 valence electrons. The Morgan fingerprint density at radius 1 is 1.50 bits per heavy atom. The summed E-state index contributed by atoms with van der Waals surface area (Å²) in [6.45, 7) is 0. The fourth-order valence-corrected chi connectivity index (χ4v) is 4.76. The number of carboxylic acid groups (broad SMARTS) is 1. The third kappa shape index (κ3) is 2.37. The Labute approximate surface area is 137 Å². The molecule has 1 aromatic rings. The maximum atomic E-state index is 12.5. The summed E-state index contributed by atoms with van der Waals surface area (Å²) in [4.78, 5) is 28.5. The van der Waals surface area contributed by atoms with Crippen LogP contribution in [0.3, 0.4) is 0 Å². The lowest BCUT2D eigenvalue weighted by Gasteiger charge is -2.45. The molecular weight excluding hydrogens is 334 g/mol. The van der Waals surface area contributed by atoms with Crippen LogP contribution in [0.1, 0.15) is 12.1 Å². The van der Waals surface area contributed by atoms with Crippen molar-refractivity contribution >= 4 is 27.8 Å². The number of carbonyl (C=O) groups excluding carboxylic acids is 1. The van der Waals surface area contributed by atoms with Crippen LogP contribution in [0, 0.1) is 11.3 Å². The number of aromatic nitrogens is 1. The second-order valence-corrected chi connectivity index (χ2v) is 7.34. The molecule has 3 heterocycles. The van der Waals surface area contributed by atoms with E-state index in [2.05, 4.69) is 4.98 Å². The van der Waals surface area contributed by atoms with Crippen LogP contribution in [0.15, 0.2) is 41.2 Å². The molecule has 2 aliphatic rings. The third-order valence-electron chi connectivity index (χ3n) is 3.74. The van der Waals surface area contributed by atoms with Crippen LogP contribution in [0.5, 0.6) is 0 Å². The highest BCUT2D eigenvalue weighted by atomic mass is 32.2. The molecule has 1 amide bonds. The summed E-state index contributed by atoms with van der Waals surface area (Å²) >= 11 is 0. The average Bonchev–Trinajstić information content (AvgIpc) is 2.52. The molecule has 3 rings (SSSR count). The van der Waals surface area contributed by atoms with Crippen LogP contribution >= 0.6 is 0 Å². The molecular formula is C15H11N3O5S. The van der Waals surface area contributed by atoms with E-state index in [1.54, 1.807) is 24.3 Å². The minimum absolute atomic E-state index is 0.0246. The Balaban J connectivity index is 2.11. The van der Waals surface area contributed by atoms with Gasteiger partial charge in [-0.3, -0.25) is 14.7 Å². The van der Waals surface area contributed by atoms with Gasteiger partial charge in [0.2, 0.25) is 0 Å². The average molecular weight is 345 g/mol. The minimum Gasteiger partial charge on any atom is -0.477 e. The highest BCUT2D eigenvalue weighted by Gasteiger charge is 2.56. The standard InChI is InChI=1S/C15H11N3O5S/c16-5-4-9-8-24(22,23)14-11(7-10-3-1-2-6-17-10)13(19)18(14)12(9)15(20)21/h1-3,6-7,14H,4,8H2,(H,20,21)/b11-7-. The van der Waals surface area contributed by atoms with Gasteiger partial charge in [-0.05, 0) is 23.8 Å². The molecule has 1 atom stereocenters. The van der Waals surface area contributed by atoms with E-state index in [9.17, 15) is 23.1 Å². The van der Waals surface area contributed by atoms with Crippen molar-refractivity contribution in [2.75, 3.05) is 5.75 Å². The first-order valence-corrected chi connectivity index (χ1v) is 8.58. The molecule has 0 aromatic carbocycles. The number of carbonyl (C=O) groups is 2. The molecule has 0 bridgehead atoms. The molecule has 0 aliphatic carbocycles. The first-order chi connectivity index (χ1) is 11.4. The van der Waals surface area contributed by atoms with Crippen LogP contribution in [0.2, 0.25) is 0 Å². The van der Waals surface area contributed by atoms with Crippen LogP contribution in [-0.4, -0.2) is 46.4 Å². The monoisotopic (exact) mass is 345 g/mol. The smallest absolute Gasteiger partial charge is 0.352 e. The summed E-state index contributed by atoms with van der Waals surface area (Å²) in [7, 11) is -3.83. The lowest BCUT2D eigenvalue weighted by molar-refractivity contribution is -0.141. The van der Waals surface area contributed by atoms with Crippen LogP contribution in [0.4, 0.5) is 0 Å². The van der Waals surface area contributed by atoms with E-state index >= 15 is 0 Å². The predicted molar refractivity (Wildman–Crippen MR) is 81.5 cm³/mol. The largest absolute Gasteiger partial charge is 0.477 e. The Hall–Kier alpha value is -2.99. The molecule has 0 saturated carbocycles. The summed E-state index contributed by atoms with van der Waals surface area (Å²) in [5.74, 6) is -2.69. The third-order valence-corrected chi connectivity index (χ3v) is 5.64. The maximum absolute atomic E-state index is 12.5. The maximum Gasteiger partial charge on any atom is 0.352 e. The summed E-state index contributed by atoms with van der Waals surface area (Å²) in [5, 5.41) is 16.8. The second-order valence-electron chi connectivity index (χ2n) is 5.28. The number of amides is 1. The fourth-order valence-electron chi connectivity index (χ4n) is 2.80. The SMILES string of the molecule is N#CCC1=C(C(=O)O)N2C(=O)/C(=C/c3ccccn3)C2S(=O)(=O)C1. The molecule has 1 aromatic heterocycles. The van der Waals surface area contributed by atoms with Gasteiger partial charge in [0.25, 0.3) is 5.91 Å². The lowest BCUT2D eigenvalue weighted by Crippen LogP contribution is -2.62. The minimum atomic E-state index is -3.83. The highest BCUT2D eigenvalue weighted by Crippen LogP contribution is 2.41. The number of aliphatic carboxylic acids is 1. The van der Waals surface area contributed by atoms with E-state index in [-0.39, 0.29) is 17.6 Å². The summed E-state index contributed by atoms with van der Waals surface area (Å²) in [6, 6.07) is 6.70. The van der Waals surface area contributed by atoms with E-state index in [4.69, 9.17) is 5.26 Å². The van der Waals surface area contributed by atoms with Crippen molar-refractivity contribution in [1.82, 2.24) is 9.88 Å². The number of pyridine rings is 1. The number of sulfone groups is 1. The first-order valence-electron chi connectivity index (χ1n) is 6.87. The van der Waals surface area contributed by atoms with E-state index in [0.717, 1.165) is 4.90 Å². The predicted octanol–water partition coefficient (Wildman–Crippen LogP) is 0.314. The number of carboxylic acids is 1. The number of β-lactam (4-membered cyclic amide) rings is 1. The molecule has 2 aliphatic heterocycles. The van der Waals surface area contributed by atoms with Gasteiger partial charge < -0.3 is 5.11 Å². The molecule has 0 spiro atoms. The van der Waals surface area contributed by atoms with E-state index < -0.39 is 38.5 Å². The van der Waals surface area contributed by atoms with Gasteiger partial charge in [-0.25, -0.2) is 13.2 Å². The van der Waals surface area contributed by atoms with Crippen molar-refractivity contribution in [3.63, 3.8) is 0 Å². The van der Waals surface area contributed by atoms with Gasteiger partial charge in [0.15, 0.2) is 15.2 Å². The van der Waals surface area contributed by atoms with Crippen molar-refractivity contribution in [1.29, 1.82) is 5.26 Å². The normalized spacial score (nSPS) is 23.5. The fraction of sp³-hybridized carbons (Fsp3) is 0.200. The summed E-state index contributed by atoms with van der Waals surface area (Å²) < 4.78 is 24.9. The van der Waals surface area contributed by atoms with E-state index in [1.165, 1.54) is 12.3 Å². The molecule has 1 saturated heterocycles. The molecule has 1 N–H and O–H groups in total. The number of rotatable bonds is 3. The van der Waals surface area contributed by atoms with Gasteiger partial charge in [0, 0.05) is 6.20 Å². The molecule has 9 heteroatoms. The quantitative estimate of drug-likeness (QED) is 0.617. The van der Waals surface area contributed by atoms with Crippen LogP contribution in [-0.2, 0) is 19.4 Å². The molecule has 24 heavy (non-hydrogen) atoms. The van der Waals surface area contributed by atoms with Gasteiger partial charge >= 0.3 is 5.97 Å². The molecule has 1 unspecified atom stereocenters. The van der Waals surface area contributed by atoms with Crippen molar-refractivity contribution in [3.8, 4) is 6.07 Å². The number of nitrogens with zero attached hydrogens (tertiary/aromatic N) is 3. The first kappa shape index (κ1) is 15.9. The van der Waals surface area contributed by atoms with Crippen LogP contribution < -0.4 is 0 Å². The number of hydrogen-bond donors (Lipinski definition) is 1. The van der Waals surface area contributed by atoms with Gasteiger partial charge in [0.05, 0.1) is 29.5 Å².